The second-order valence-corrected chi connectivity index (χ2v) is 9.74. The second kappa shape index (κ2) is 7.43. The van der Waals surface area contributed by atoms with Crippen LogP contribution in [0.3, 0.4) is 0 Å². The average Bonchev–Trinajstić information content (AvgIpc) is 3.31. The molecular formula is C28H26N4O3. The van der Waals surface area contributed by atoms with Gasteiger partial charge in [-0.05, 0) is 55.5 Å². The molecule has 4 heterocycles. The van der Waals surface area contributed by atoms with E-state index in [1.54, 1.807) is 0 Å². The minimum absolute atomic E-state index is 0.162. The van der Waals surface area contributed by atoms with Crippen LogP contribution in [0.15, 0.2) is 64.7 Å². The van der Waals surface area contributed by atoms with Crippen molar-refractivity contribution >= 4 is 39.3 Å². The van der Waals surface area contributed by atoms with Crippen LogP contribution in [0.2, 0.25) is 0 Å². The number of aromatic nitrogens is 2. The normalized spacial score (nSPS) is 17.3. The summed E-state index contributed by atoms with van der Waals surface area (Å²) < 4.78 is 2.18. The van der Waals surface area contributed by atoms with E-state index in [2.05, 4.69) is 41.0 Å². The van der Waals surface area contributed by atoms with Gasteiger partial charge in [-0.1, -0.05) is 24.3 Å². The molecule has 2 N–H and O–H groups in total. The molecule has 2 aromatic carbocycles. The van der Waals surface area contributed by atoms with Crippen LogP contribution in [0.1, 0.15) is 49.4 Å². The Balaban J connectivity index is 1.71. The molecule has 0 saturated carbocycles. The van der Waals surface area contributed by atoms with Crippen molar-refractivity contribution in [3.8, 4) is 0 Å². The van der Waals surface area contributed by atoms with Crippen molar-refractivity contribution in [2.75, 3.05) is 11.9 Å². The molecular weight excluding hydrogens is 440 g/mol. The number of anilines is 1. The Hall–Kier alpha value is -4.13. The highest BCUT2D eigenvalue weighted by Crippen LogP contribution is 2.46. The number of H-pyrrole nitrogens is 1. The fourth-order valence-corrected chi connectivity index (χ4v) is 5.60. The monoisotopic (exact) mass is 466 g/mol. The first kappa shape index (κ1) is 21.4. The zero-order valence-electron chi connectivity index (χ0n) is 20.1. The van der Waals surface area contributed by atoms with E-state index >= 15 is 0 Å². The van der Waals surface area contributed by atoms with Crippen LogP contribution in [0.25, 0.3) is 21.8 Å². The minimum Gasteiger partial charge on any atom is -0.356 e. The third-order valence-electron chi connectivity index (χ3n) is 7.25. The zero-order chi connectivity index (χ0) is 24.6. The average molecular weight is 467 g/mol. The van der Waals surface area contributed by atoms with E-state index in [4.69, 9.17) is 0 Å². The first-order chi connectivity index (χ1) is 16.8. The molecule has 0 saturated heterocycles. The molecule has 35 heavy (non-hydrogen) atoms. The number of aromatic amines is 1. The molecule has 1 atom stereocenters. The van der Waals surface area contributed by atoms with Crippen LogP contribution in [-0.4, -0.2) is 32.8 Å². The van der Waals surface area contributed by atoms with Crippen LogP contribution in [0, 0.1) is 6.92 Å². The maximum absolute atomic E-state index is 13.6. The lowest BCUT2D eigenvalue weighted by molar-refractivity contribution is -0.139. The van der Waals surface area contributed by atoms with Crippen molar-refractivity contribution in [2.24, 2.45) is 0 Å². The summed E-state index contributed by atoms with van der Waals surface area (Å²) in [4.78, 5) is 43.9. The molecule has 0 fully saturated rings. The molecule has 0 bridgehead atoms. The third kappa shape index (κ3) is 3.00. The number of carbonyl (C=O) groups excluding carboxylic acids is 2. The number of hydrogen-bond donors (Lipinski definition) is 2. The van der Waals surface area contributed by atoms with Crippen LogP contribution in [0.5, 0.6) is 0 Å². The predicted octanol–water partition coefficient (Wildman–Crippen LogP) is 4.57. The number of para-hydroxylation sites is 1. The van der Waals surface area contributed by atoms with E-state index in [9.17, 15) is 14.4 Å². The van der Waals surface area contributed by atoms with E-state index in [1.165, 1.54) is 11.8 Å². The fraction of sp³-hybridized carbons (Fsp3) is 0.250. The van der Waals surface area contributed by atoms with Gasteiger partial charge < -0.3 is 14.9 Å². The SMILES string of the molecule is CC(=O)N1CC2=C(C1=O)C(c1cc3cccc(C)c3[nH]c1=O)c1cn(C(C)C)c3cccc(c13)N2. The van der Waals surface area contributed by atoms with E-state index in [0.29, 0.717) is 16.8 Å². The molecule has 4 aromatic rings. The van der Waals surface area contributed by atoms with Gasteiger partial charge in [0.25, 0.3) is 11.5 Å². The number of fused-ring (bicyclic) bond motifs is 1. The Bertz CT molecular complexity index is 1670. The summed E-state index contributed by atoms with van der Waals surface area (Å²) in [5, 5.41) is 5.35. The summed E-state index contributed by atoms with van der Waals surface area (Å²) in [6, 6.07) is 14.0. The number of hydrogen-bond acceptors (Lipinski definition) is 4. The molecule has 0 radical (unpaired) electrons. The molecule has 0 spiro atoms. The molecule has 1 unspecified atom stereocenters. The van der Waals surface area contributed by atoms with Gasteiger partial charge in [-0.15, -0.1) is 0 Å². The van der Waals surface area contributed by atoms with Gasteiger partial charge in [0.15, 0.2) is 0 Å². The molecule has 0 aliphatic carbocycles. The predicted molar refractivity (Wildman–Crippen MR) is 137 cm³/mol. The number of amides is 2. The quantitative estimate of drug-likeness (QED) is 0.453. The third-order valence-corrected chi connectivity index (χ3v) is 7.25. The van der Waals surface area contributed by atoms with Gasteiger partial charge in [0.2, 0.25) is 5.91 Å². The summed E-state index contributed by atoms with van der Waals surface area (Å²) in [7, 11) is 0. The van der Waals surface area contributed by atoms with Crippen LogP contribution in [-0.2, 0) is 9.59 Å². The van der Waals surface area contributed by atoms with Crippen LogP contribution >= 0.6 is 0 Å². The Kier molecular flexibility index (Phi) is 4.55. The first-order valence-electron chi connectivity index (χ1n) is 11.8. The van der Waals surface area contributed by atoms with E-state index in [-0.39, 0.29) is 30.0 Å². The molecule has 2 aliphatic rings. The molecule has 7 nitrogen and oxygen atoms in total. The van der Waals surface area contributed by atoms with Gasteiger partial charge in [0.1, 0.15) is 0 Å². The Morgan fingerprint density at radius 2 is 1.86 bits per heavy atom. The van der Waals surface area contributed by atoms with Crippen molar-refractivity contribution in [2.45, 2.75) is 39.7 Å². The lowest BCUT2D eigenvalue weighted by atomic mass is 9.84. The highest BCUT2D eigenvalue weighted by Gasteiger charge is 2.42. The molecule has 6 rings (SSSR count). The van der Waals surface area contributed by atoms with Gasteiger partial charge in [-0.25, -0.2) is 0 Å². The topological polar surface area (TPSA) is 87.2 Å². The number of aryl methyl sites for hydroxylation is 1. The summed E-state index contributed by atoms with van der Waals surface area (Å²) in [5.74, 6) is -1.29. The largest absolute Gasteiger partial charge is 0.356 e. The van der Waals surface area contributed by atoms with Gasteiger partial charge in [0, 0.05) is 47.4 Å². The maximum Gasteiger partial charge on any atom is 0.259 e. The minimum atomic E-state index is -0.617. The highest BCUT2D eigenvalue weighted by molar-refractivity contribution is 6.11. The standard InChI is InChI=1S/C28H26N4O3/c1-14(2)31-12-19-23(18-11-17-8-5-7-15(3)26(17)30-27(18)34)25-21(13-32(16(4)33)28(25)35)29-20-9-6-10-22(31)24(19)20/h5-12,14,23,29H,13H2,1-4H3,(H,30,34). The maximum atomic E-state index is 13.6. The fourth-order valence-electron chi connectivity index (χ4n) is 5.60. The van der Waals surface area contributed by atoms with Gasteiger partial charge in [-0.2, -0.15) is 0 Å². The number of pyridine rings is 1. The number of imide groups is 1. The number of rotatable bonds is 2. The zero-order valence-corrected chi connectivity index (χ0v) is 20.1. The summed E-state index contributed by atoms with van der Waals surface area (Å²) >= 11 is 0. The van der Waals surface area contributed by atoms with Crippen molar-refractivity contribution in [1.29, 1.82) is 0 Å². The number of carbonyl (C=O) groups is 2. The van der Waals surface area contributed by atoms with Crippen molar-refractivity contribution in [3.63, 3.8) is 0 Å². The highest BCUT2D eigenvalue weighted by atomic mass is 16.2. The Morgan fingerprint density at radius 3 is 2.60 bits per heavy atom. The molecule has 2 amide bonds. The lowest BCUT2D eigenvalue weighted by Gasteiger charge is -2.19. The van der Waals surface area contributed by atoms with Crippen molar-refractivity contribution in [3.05, 3.63) is 87.0 Å². The van der Waals surface area contributed by atoms with Gasteiger partial charge >= 0.3 is 0 Å². The van der Waals surface area contributed by atoms with Crippen LogP contribution < -0.4 is 10.9 Å². The van der Waals surface area contributed by atoms with E-state index in [1.807, 2.05) is 43.3 Å². The molecule has 176 valence electrons. The smallest absolute Gasteiger partial charge is 0.259 e. The van der Waals surface area contributed by atoms with E-state index in [0.717, 1.165) is 38.6 Å². The Labute approximate surface area is 202 Å². The molecule has 2 aliphatic heterocycles. The van der Waals surface area contributed by atoms with Gasteiger partial charge in [0.05, 0.1) is 23.2 Å². The number of nitrogens with one attached hydrogen (secondary N) is 2. The second-order valence-electron chi connectivity index (χ2n) is 9.74. The summed E-state index contributed by atoms with van der Waals surface area (Å²) in [6.45, 7) is 7.74. The lowest BCUT2D eigenvalue weighted by Crippen LogP contribution is -2.33. The first-order valence-corrected chi connectivity index (χ1v) is 11.8. The number of benzene rings is 2. The number of nitrogens with zero attached hydrogens (tertiary/aromatic N) is 2. The molecule has 7 heteroatoms. The summed E-state index contributed by atoms with van der Waals surface area (Å²) in [5.41, 5.74) is 5.95. The van der Waals surface area contributed by atoms with Crippen molar-refractivity contribution in [1.82, 2.24) is 14.5 Å². The summed E-state index contributed by atoms with van der Waals surface area (Å²) in [6.07, 6.45) is 2.06. The van der Waals surface area contributed by atoms with Crippen LogP contribution in [0.4, 0.5) is 5.69 Å². The van der Waals surface area contributed by atoms with Gasteiger partial charge in [-0.3, -0.25) is 19.3 Å². The van der Waals surface area contributed by atoms with E-state index < -0.39 is 5.92 Å². The molecule has 2 aromatic heterocycles. The Morgan fingerprint density at radius 1 is 1.09 bits per heavy atom. The van der Waals surface area contributed by atoms with Crippen molar-refractivity contribution < 1.29 is 9.59 Å².